The van der Waals surface area contributed by atoms with Crippen molar-refractivity contribution in [2.45, 2.75) is 37.9 Å². The number of hydrogen-bond acceptors (Lipinski definition) is 5. The van der Waals surface area contributed by atoms with Gasteiger partial charge in [-0.25, -0.2) is 4.79 Å². The van der Waals surface area contributed by atoms with Crippen LogP contribution in [0.1, 0.15) is 30.0 Å². The highest BCUT2D eigenvalue weighted by Gasteiger charge is 2.31. The first-order valence-corrected chi connectivity index (χ1v) is 11.8. The number of fused-ring (bicyclic) bond motifs is 1. The SMILES string of the molecule is Cc1cccc(NC(=O)NC(=O)CSc2nnc(-c3c[nH]c4ccccc34)n2C2CC2)c1C. The van der Waals surface area contributed by atoms with Crippen LogP contribution in [0, 0.1) is 13.8 Å². The van der Waals surface area contributed by atoms with Gasteiger partial charge in [-0.2, -0.15) is 0 Å². The van der Waals surface area contributed by atoms with Crippen LogP contribution in [0.15, 0.2) is 53.8 Å². The van der Waals surface area contributed by atoms with Gasteiger partial charge in [0, 0.05) is 34.4 Å². The minimum Gasteiger partial charge on any atom is -0.360 e. The lowest BCUT2D eigenvalue weighted by atomic mass is 10.1. The molecule has 0 spiro atoms. The number of hydrogen-bond donors (Lipinski definition) is 3. The molecule has 0 bridgehead atoms. The highest BCUT2D eigenvalue weighted by Crippen LogP contribution is 2.42. The Morgan fingerprint density at radius 3 is 2.76 bits per heavy atom. The quantitative estimate of drug-likeness (QED) is 0.358. The van der Waals surface area contributed by atoms with Crippen molar-refractivity contribution in [1.82, 2.24) is 25.1 Å². The van der Waals surface area contributed by atoms with Gasteiger partial charge in [-0.1, -0.05) is 42.1 Å². The summed E-state index contributed by atoms with van der Waals surface area (Å²) in [5.74, 6) is 0.478. The number of imide groups is 1. The Kier molecular flexibility index (Phi) is 5.63. The van der Waals surface area contributed by atoms with Crippen molar-refractivity contribution >= 4 is 40.3 Å². The first kappa shape index (κ1) is 21.3. The molecule has 5 rings (SSSR count). The Morgan fingerprint density at radius 1 is 1.12 bits per heavy atom. The van der Waals surface area contributed by atoms with Crippen LogP contribution in [0.4, 0.5) is 10.5 Å². The number of H-pyrrole nitrogens is 1. The van der Waals surface area contributed by atoms with Crippen LogP contribution >= 0.6 is 11.8 Å². The topological polar surface area (TPSA) is 105 Å². The molecule has 2 aromatic carbocycles. The summed E-state index contributed by atoms with van der Waals surface area (Å²) in [4.78, 5) is 28.0. The lowest BCUT2D eigenvalue weighted by Crippen LogP contribution is -2.35. The van der Waals surface area contributed by atoms with Crippen LogP contribution in [-0.2, 0) is 4.79 Å². The van der Waals surface area contributed by atoms with Crippen molar-refractivity contribution in [1.29, 1.82) is 0 Å². The second-order valence-corrected chi connectivity index (χ2v) is 9.14. The molecule has 0 saturated heterocycles. The van der Waals surface area contributed by atoms with E-state index in [0.29, 0.717) is 16.9 Å². The van der Waals surface area contributed by atoms with E-state index >= 15 is 0 Å². The van der Waals surface area contributed by atoms with Gasteiger partial charge < -0.3 is 10.3 Å². The molecule has 2 heterocycles. The van der Waals surface area contributed by atoms with Crippen molar-refractivity contribution in [3.63, 3.8) is 0 Å². The summed E-state index contributed by atoms with van der Waals surface area (Å²) in [6.45, 7) is 3.90. The number of nitrogens with one attached hydrogen (secondary N) is 3. The standard InChI is InChI=1S/C24H24N6O2S/c1-14-6-5-9-19(15(14)2)26-23(32)27-21(31)13-33-24-29-28-22(30(24)16-10-11-16)18-12-25-20-8-4-3-7-17(18)20/h3-9,12,16,25H,10-11,13H2,1-2H3,(H2,26,27,31,32). The summed E-state index contributed by atoms with van der Waals surface area (Å²) < 4.78 is 2.11. The lowest BCUT2D eigenvalue weighted by molar-refractivity contribution is -0.117. The van der Waals surface area contributed by atoms with Crippen LogP contribution in [0.5, 0.6) is 0 Å². The molecule has 3 N–H and O–H groups in total. The molecule has 4 aromatic rings. The monoisotopic (exact) mass is 460 g/mol. The molecular weight excluding hydrogens is 436 g/mol. The normalized spacial score (nSPS) is 13.3. The number of nitrogens with zero attached hydrogens (tertiary/aromatic N) is 3. The minimum absolute atomic E-state index is 0.0684. The van der Waals surface area contributed by atoms with E-state index in [1.165, 1.54) is 11.8 Å². The zero-order valence-electron chi connectivity index (χ0n) is 18.4. The Bertz CT molecular complexity index is 1350. The van der Waals surface area contributed by atoms with Crippen molar-refractivity contribution in [3.05, 3.63) is 59.8 Å². The molecule has 2 aromatic heterocycles. The van der Waals surface area contributed by atoms with Crippen molar-refractivity contribution in [3.8, 4) is 11.4 Å². The number of aromatic nitrogens is 4. The molecule has 1 saturated carbocycles. The van der Waals surface area contributed by atoms with Gasteiger partial charge in [0.05, 0.1) is 5.75 Å². The number of aromatic amines is 1. The van der Waals surface area contributed by atoms with Crippen LogP contribution < -0.4 is 10.6 Å². The molecule has 3 amide bonds. The highest BCUT2D eigenvalue weighted by atomic mass is 32.2. The van der Waals surface area contributed by atoms with E-state index < -0.39 is 6.03 Å². The molecule has 9 heteroatoms. The second kappa shape index (κ2) is 8.74. The van der Waals surface area contributed by atoms with Gasteiger partial charge in [-0.05, 0) is 49.9 Å². The Hall–Kier alpha value is -3.59. The van der Waals surface area contributed by atoms with Gasteiger partial charge in [-0.3, -0.25) is 14.7 Å². The average Bonchev–Trinajstić information content (AvgIpc) is 3.41. The summed E-state index contributed by atoms with van der Waals surface area (Å²) >= 11 is 1.29. The van der Waals surface area contributed by atoms with E-state index in [-0.39, 0.29) is 11.7 Å². The van der Waals surface area contributed by atoms with Gasteiger partial charge in [0.15, 0.2) is 11.0 Å². The van der Waals surface area contributed by atoms with E-state index in [1.807, 2.05) is 56.4 Å². The van der Waals surface area contributed by atoms with Gasteiger partial charge in [0.25, 0.3) is 0 Å². The van der Waals surface area contributed by atoms with Crippen LogP contribution in [0.25, 0.3) is 22.3 Å². The predicted molar refractivity (Wildman–Crippen MR) is 129 cm³/mol. The fourth-order valence-corrected chi connectivity index (χ4v) is 4.62. The van der Waals surface area contributed by atoms with E-state index in [1.54, 1.807) is 0 Å². The average molecular weight is 461 g/mol. The molecule has 1 aliphatic rings. The molecule has 1 fully saturated rings. The zero-order chi connectivity index (χ0) is 22.9. The maximum atomic E-state index is 12.4. The van der Waals surface area contributed by atoms with Gasteiger partial charge in [-0.15, -0.1) is 10.2 Å². The zero-order valence-corrected chi connectivity index (χ0v) is 19.2. The number of amides is 3. The predicted octanol–water partition coefficient (Wildman–Crippen LogP) is 4.82. The molecular formula is C24H24N6O2S. The molecule has 1 aliphatic carbocycles. The Morgan fingerprint density at radius 2 is 1.94 bits per heavy atom. The number of benzene rings is 2. The summed E-state index contributed by atoms with van der Waals surface area (Å²) in [7, 11) is 0. The first-order chi connectivity index (χ1) is 16.0. The molecule has 168 valence electrons. The number of carbonyl (C=O) groups is 2. The maximum absolute atomic E-state index is 12.4. The van der Waals surface area contributed by atoms with Gasteiger partial charge in [0.1, 0.15) is 0 Å². The summed E-state index contributed by atoms with van der Waals surface area (Å²) in [5, 5.41) is 15.7. The molecule has 0 radical (unpaired) electrons. The number of anilines is 1. The highest BCUT2D eigenvalue weighted by molar-refractivity contribution is 7.99. The van der Waals surface area contributed by atoms with Crippen molar-refractivity contribution in [2.24, 2.45) is 0 Å². The Balaban J connectivity index is 1.27. The third-order valence-electron chi connectivity index (χ3n) is 5.84. The van der Waals surface area contributed by atoms with E-state index in [9.17, 15) is 9.59 Å². The first-order valence-electron chi connectivity index (χ1n) is 10.8. The minimum atomic E-state index is -0.544. The summed E-state index contributed by atoms with van der Waals surface area (Å²) in [5.41, 5.74) is 4.76. The third kappa shape index (κ3) is 4.36. The number of urea groups is 1. The number of carbonyl (C=O) groups excluding carboxylic acids is 2. The molecule has 33 heavy (non-hydrogen) atoms. The Labute approximate surface area is 195 Å². The number of thioether (sulfide) groups is 1. The maximum Gasteiger partial charge on any atom is 0.325 e. The smallest absolute Gasteiger partial charge is 0.325 e. The fraction of sp³-hybridized carbons (Fsp3) is 0.250. The lowest BCUT2D eigenvalue weighted by Gasteiger charge is -2.11. The summed E-state index contributed by atoms with van der Waals surface area (Å²) in [6.07, 6.45) is 4.07. The fourth-order valence-electron chi connectivity index (χ4n) is 3.81. The van der Waals surface area contributed by atoms with Crippen LogP contribution in [0.3, 0.4) is 0 Å². The number of aryl methyl sites for hydroxylation is 1. The second-order valence-electron chi connectivity index (χ2n) is 8.19. The van der Waals surface area contributed by atoms with Gasteiger partial charge >= 0.3 is 6.03 Å². The largest absolute Gasteiger partial charge is 0.360 e. The van der Waals surface area contributed by atoms with Gasteiger partial charge in [0.2, 0.25) is 5.91 Å². The molecule has 0 unspecified atom stereocenters. The van der Waals surface area contributed by atoms with Crippen LogP contribution in [-0.4, -0.2) is 37.4 Å². The summed E-state index contributed by atoms with van der Waals surface area (Å²) in [6, 6.07) is 13.5. The number of para-hydroxylation sites is 1. The number of rotatable bonds is 6. The molecule has 0 aliphatic heterocycles. The van der Waals surface area contributed by atoms with E-state index in [0.717, 1.165) is 46.3 Å². The van der Waals surface area contributed by atoms with Crippen LogP contribution in [0.2, 0.25) is 0 Å². The van der Waals surface area contributed by atoms with E-state index in [4.69, 9.17) is 0 Å². The van der Waals surface area contributed by atoms with E-state index in [2.05, 4.69) is 36.4 Å². The van der Waals surface area contributed by atoms with Crippen molar-refractivity contribution in [2.75, 3.05) is 11.1 Å². The third-order valence-corrected chi connectivity index (χ3v) is 6.79. The van der Waals surface area contributed by atoms with Crippen molar-refractivity contribution < 1.29 is 9.59 Å². The molecule has 8 nitrogen and oxygen atoms in total. The molecule has 0 atom stereocenters.